The van der Waals surface area contributed by atoms with Gasteiger partial charge >= 0.3 is 0 Å². The molecule has 0 aliphatic rings. The Hall–Kier alpha value is -5.21. The van der Waals surface area contributed by atoms with E-state index in [2.05, 4.69) is 144 Å². The summed E-state index contributed by atoms with van der Waals surface area (Å²) in [5.41, 5.74) is 6.78. The van der Waals surface area contributed by atoms with Crippen molar-refractivity contribution in [3.05, 3.63) is 146 Å². The normalized spacial score (nSPS) is 11.6. The Balaban J connectivity index is 1.35. The van der Waals surface area contributed by atoms with Crippen molar-refractivity contribution in [3.8, 4) is 28.2 Å². The summed E-state index contributed by atoms with van der Waals surface area (Å²) in [7, 11) is 0. The Kier molecular flexibility index (Phi) is 4.86. The molecule has 0 unspecified atom stereocenters. The molecule has 1 aromatic heterocycles. The van der Waals surface area contributed by atoms with Gasteiger partial charge in [0, 0.05) is 11.3 Å². The molecule has 182 valence electrons. The van der Waals surface area contributed by atoms with Crippen LogP contribution in [0.2, 0.25) is 0 Å². The van der Waals surface area contributed by atoms with E-state index < -0.39 is 0 Å². The van der Waals surface area contributed by atoms with E-state index in [0.29, 0.717) is 0 Å². The molecule has 0 N–H and O–H groups in total. The van der Waals surface area contributed by atoms with Crippen LogP contribution in [0.15, 0.2) is 146 Å². The second kappa shape index (κ2) is 8.68. The largest absolute Gasteiger partial charge is 0.292 e. The molecule has 0 radical (unpaired) electrons. The van der Waals surface area contributed by atoms with Gasteiger partial charge in [-0.1, -0.05) is 115 Å². The number of hydrogen-bond acceptors (Lipinski definition) is 1. The predicted octanol–water partition coefficient (Wildman–Crippen LogP) is 9.82. The van der Waals surface area contributed by atoms with Crippen molar-refractivity contribution in [1.29, 1.82) is 0 Å². The second-order valence-corrected chi connectivity index (χ2v) is 10.0. The highest BCUT2D eigenvalue weighted by Gasteiger charge is 2.16. The predicted molar refractivity (Wildman–Crippen MR) is 164 cm³/mol. The van der Waals surface area contributed by atoms with Crippen molar-refractivity contribution in [1.82, 2.24) is 9.55 Å². The van der Waals surface area contributed by atoms with Gasteiger partial charge in [0.15, 0.2) is 0 Å². The van der Waals surface area contributed by atoms with Crippen LogP contribution in [0, 0.1) is 0 Å². The quantitative estimate of drug-likeness (QED) is 0.176. The molecule has 0 aliphatic carbocycles. The molecule has 39 heavy (non-hydrogen) atoms. The van der Waals surface area contributed by atoms with Crippen LogP contribution >= 0.6 is 0 Å². The van der Waals surface area contributed by atoms with E-state index in [9.17, 15) is 0 Å². The molecule has 0 bridgehead atoms. The first-order valence-corrected chi connectivity index (χ1v) is 13.3. The van der Waals surface area contributed by atoms with Gasteiger partial charge in [-0.3, -0.25) is 4.57 Å². The van der Waals surface area contributed by atoms with Crippen molar-refractivity contribution in [2.45, 2.75) is 0 Å². The lowest BCUT2D eigenvalue weighted by Gasteiger charge is -2.15. The molecule has 0 saturated carbocycles. The number of imidazole rings is 1. The monoisotopic (exact) mass is 496 g/mol. The van der Waals surface area contributed by atoms with Gasteiger partial charge < -0.3 is 0 Å². The third kappa shape index (κ3) is 3.46. The summed E-state index contributed by atoms with van der Waals surface area (Å²) in [6.07, 6.45) is 0. The lowest BCUT2D eigenvalue weighted by atomic mass is 9.89. The summed E-state index contributed by atoms with van der Waals surface area (Å²) in [4.78, 5) is 5.06. The lowest BCUT2D eigenvalue weighted by molar-refractivity contribution is 1.10. The van der Waals surface area contributed by atoms with E-state index in [1.54, 1.807) is 0 Å². The fourth-order valence-electron chi connectivity index (χ4n) is 5.98. The van der Waals surface area contributed by atoms with Crippen molar-refractivity contribution in [2.24, 2.45) is 0 Å². The molecule has 0 aliphatic heterocycles. The topological polar surface area (TPSA) is 17.8 Å². The number of fused-ring (bicyclic) bond motifs is 5. The zero-order valence-electron chi connectivity index (χ0n) is 21.3. The molecule has 8 rings (SSSR count). The van der Waals surface area contributed by atoms with Gasteiger partial charge in [0.2, 0.25) is 0 Å². The average molecular weight is 497 g/mol. The van der Waals surface area contributed by atoms with Crippen molar-refractivity contribution in [2.75, 3.05) is 0 Å². The molecule has 0 atom stereocenters. The van der Waals surface area contributed by atoms with Gasteiger partial charge in [-0.15, -0.1) is 0 Å². The SMILES string of the molecule is c1ccc(-n2c(-c3ccc(-c4c5ccccc5cc5c4ccc4ccccc45)cc3)nc3ccccc32)cc1. The first-order valence-electron chi connectivity index (χ1n) is 13.3. The molecule has 7 aromatic carbocycles. The maximum absolute atomic E-state index is 5.06. The zero-order valence-corrected chi connectivity index (χ0v) is 21.3. The minimum Gasteiger partial charge on any atom is -0.292 e. The van der Waals surface area contributed by atoms with E-state index in [4.69, 9.17) is 4.98 Å². The number of nitrogens with zero attached hydrogens (tertiary/aromatic N) is 2. The summed E-state index contributed by atoms with van der Waals surface area (Å²) in [6, 6.07) is 52.0. The van der Waals surface area contributed by atoms with Crippen LogP contribution < -0.4 is 0 Å². The second-order valence-electron chi connectivity index (χ2n) is 10.0. The smallest absolute Gasteiger partial charge is 0.145 e. The van der Waals surface area contributed by atoms with E-state index >= 15 is 0 Å². The zero-order chi connectivity index (χ0) is 25.8. The van der Waals surface area contributed by atoms with Crippen LogP contribution in [-0.2, 0) is 0 Å². The summed E-state index contributed by atoms with van der Waals surface area (Å²) < 4.78 is 2.25. The van der Waals surface area contributed by atoms with Gasteiger partial charge in [0.25, 0.3) is 0 Å². The number of aromatic nitrogens is 2. The molecular weight excluding hydrogens is 472 g/mol. The fourth-order valence-corrected chi connectivity index (χ4v) is 5.98. The molecule has 0 saturated heterocycles. The highest BCUT2D eigenvalue weighted by atomic mass is 15.1. The van der Waals surface area contributed by atoms with Crippen LogP contribution in [0.3, 0.4) is 0 Å². The van der Waals surface area contributed by atoms with Crippen molar-refractivity contribution >= 4 is 43.4 Å². The Bertz CT molecular complexity index is 2150. The Morgan fingerprint density at radius 1 is 0.436 bits per heavy atom. The standard InChI is InChI=1S/C37H24N2/c1-2-12-29(13-3-1)39-35-17-9-8-16-34(35)38-37(39)27-20-18-26(19-21-27)36-31-15-7-5-11-28(31)24-33-30-14-6-4-10-25(30)22-23-32(33)36/h1-24H. The summed E-state index contributed by atoms with van der Waals surface area (Å²) in [5, 5.41) is 7.64. The van der Waals surface area contributed by atoms with Gasteiger partial charge in [-0.05, 0) is 73.8 Å². The molecule has 0 fully saturated rings. The maximum atomic E-state index is 5.06. The van der Waals surface area contributed by atoms with E-state index in [1.807, 2.05) is 6.07 Å². The Labute approximate surface area is 226 Å². The maximum Gasteiger partial charge on any atom is 0.145 e. The van der Waals surface area contributed by atoms with Crippen molar-refractivity contribution < 1.29 is 0 Å². The highest BCUT2D eigenvalue weighted by molar-refractivity contribution is 6.20. The third-order valence-corrected chi connectivity index (χ3v) is 7.78. The fraction of sp³-hybridized carbons (Fsp3) is 0. The highest BCUT2D eigenvalue weighted by Crippen LogP contribution is 2.40. The summed E-state index contributed by atoms with van der Waals surface area (Å²) in [6.45, 7) is 0. The Morgan fingerprint density at radius 2 is 1.10 bits per heavy atom. The molecule has 1 heterocycles. The Morgan fingerprint density at radius 3 is 1.95 bits per heavy atom. The van der Waals surface area contributed by atoms with Crippen LogP contribution in [0.25, 0.3) is 71.6 Å². The van der Waals surface area contributed by atoms with Crippen LogP contribution in [-0.4, -0.2) is 9.55 Å². The van der Waals surface area contributed by atoms with Crippen LogP contribution in [0.5, 0.6) is 0 Å². The van der Waals surface area contributed by atoms with Crippen LogP contribution in [0.1, 0.15) is 0 Å². The third-order valence-electron chi connectivity index (χ3n) is 7.78. The molecule has 0 spiro atoms. The van der Waals surface area contributed by atoms with E-state index in [1.165, 1.54) is 43.4 Å². The van der Waals surface area contributed by atoms with Crippen LogP contribution in [0.4, 0.5) is 0 Å². The molecule has 2 nitrogen and oxygen atoms in total. The van der Waals surface area contributed by atoms with Crippen molar-refractivity contribution in [3.63, 3.8) is 0 Å². The summed E-state index contributed by atoms with van der Waals surface area (Å²) >= 11 is 0. The van der Waals surface area contributed by atoms with Gasteiger partial charge in [0.1, 0.15) is 5.82 Å². The van der Waals surface area contributed by atoms with E-state index in [0.717, 1.165) is 28.1 Å². The lowest BCUT2D eigenvalue weighted by Crippen LogP contribution is -1.97. The molecule has 2 heteroatoms. The number of benzene rings is 7. The average Bonchev–Trinajstić information content (AvgIpc) is 3.40. The first-order chi connectivity index (χ1) is 19.3. The van der Waals surface area contributed by atoms with E-state index in [-0.39, 0.29) is 0 Å². The molecule has 8 aromatic rings. The number of para-hydroxylation sites is 3. The van der Waals surface area contributed by atoms with Gasteiger partial charge in [-0.25, -0.2) is 4.98 Å². The molecular formula is C37H24N2. The summed E-state index contributed by atoms with van der Waals surface area (Å²) in [5.74, 6) is 0.947. The van der Waals surface area contributed by atoms with Gasteiger partial charge in [-0.2, -0.15) is 0 Å². The number of rotatable bonds is 3. The minimum absolute atomic E-state index is 0.947. The number of hydrogen-bond donors (Lipinski definition) is 0. The minimum atomic E-state index is 0.947. The van der Waals surface area contributed by atoms with Gasteiger partial charge in [0.05, 0.1) is 11.0 Å². The first kappa shape index (κ1) is 21.8. The molecule has 0 amide bonds.